The molecule has 3 nitrogen and oxygen atoms in total. The zero-order chi connectivity index (χ0) is 17.7. The van der Waals surface area contributed by atoms with Gasteiger partial charge in [-0.2, -0.15) is 0 Å². The van der Waals surface area contributed by atoms with Crippen molar-refractivity contribution in [1.29, 1.82) is 0 Å². The Morgan fingerprint density at radius 2 is 2.08 bits per heavy atom. The Morgan fingerprint density at radius 3 is 2.92 bits per heavy atom. The van der Waals surface area contributed by atoms with E-state index in [0.29, 0.717) is 23.7 Å². The Hall–Kier alpha value is -0.930. The summed E-state index contributed by atoms with van der Waals surface area (Å²) in [4.78, 5) is 11.8. The molecule has 5 rings (SSSR count). The minimum Gasteiger partial charge on any atom is -0.353 e. The molecule has 0 aromatic carbocycles. The summed E-state index contributed by atoms with van der Waals surface area (Å²) in [6, 6.07) is 0. The van der Waals surface area contributed by atoms with E-state index in [1.165, 1.54) is 44.1 Å². The Balaban J connectivity index is 1.35. The zero-order valence-corrected chi connectivity index (χ0v) is 16.0. The van der Waals surface area contributed by atoms with Crippen molar-refractivity contribution in [1.82, 2.24) is 0 Å². The van der Waals surface area contributed by atoms with Gasteiger partial charge in [0, 0.05) is 13.0 Å². The molecule has 0 bridgehead atoms. The molecule has 7 atom stereocenters. The lowest BCUT2D eigenvalue weighted by Crippen LogP contribution is -2.47. The number of ketones is 1. The number of rotatable bonds is 2. The van der Waals surface area contributed by atoms with Crippen molar-refractivity contribution in [2.75, 3.05) is 6.61 Å². The molecule has 4 aliphatic carbocycles. The minimum atomic E-state index is 0.0304. The molecule has 0 radical (unpaired) electrons. The number of carbonyl (C=O) groups is 1. The number of allylic oxidation sites excluding steroid dienone is 4. The molecule has 5 aliphatic rings. The third-order valence-electron chi connectivity index (χ3n) is 8.24. The van der Waals surface area contributed by atoms with Crippen LogP contribution >= 0.6 is 0 Å². The molecule has 0 amide bonds. The van der Waals surface area contributed by atoms with E-state index in [2.05, 4.69) is 19.1 Å². The Kier molecular flexibility index (Phi) is 4.36. The smallest absolute Gasteiger partial charge is 0.157 e. The van der Waals surface area contributed by atoms with Crippen molar-refractivity contribution in [2.24, 2.45) is 29.1 Å². The van der Waals surface area contributed by atoms with Crippen LogP contribution in [0.4, 0.5) is 0 Å². The second-order valence-corrected chi connectivity index (χ2v) is 9.51. The van der Waals surface area contributed by atoms with Gasteiger partial charge < -0.3 is 9.47 Å². The second kappa shape index (κ2) is 6.60. The Bertz CT molecular complexity index is 629. The first-order valence-corrected chi connectivity index (χ1v) is 10.8. The van der Waals surface area contributed by atoms with Gasteiger partial charge >= 0.3 is 0 Å². The largest absolute Gasteiger partial charge is 0.353 e. The highest BCUT2D eigenvalue weighted by molar-refractivity contribution is 5.91. The number of hydrogen-bond donors (Lipinski definition) is 0. The first-order chi connectivity index (χ1) is 12.6. The summed E-state index contributed by atoms with van der Waals surface area (Å²) in [5.74, 6) is 3.08. The van der Waals surface area contributed by atoms with Crippen LogP contribution in [0.15, 0.2) is 23.8 Å². The lowest BCUT2D eigenvalue weighted by atomic mass is 9.54. The van der Waals surface area contributed by atoms with Gasteiger partial charge in [-0.05, 0) is 92.1 Å². The number of fused-ring (bicyclic) bond motifs is 5. The van der Waals surface area contributed by atoms with Gasteiger partial charge in [0.2, 0.25) is 0 Å². The average molecular weight is 357 g/mol. The van der Waals surface area contributed by atoms with Gasteiger partial charge in [-0.15, -0.1) is 0 Å². The van der Waals surface area contributed by atoms with Crippen molar-refractivity contribution < 1.29 is 14.3 Å². The van der Waals surface area contributed by atoms with Crippen molar-refractivity contribution in [2.45, 2.75) is 77.1 Å². The SMILES string of the molecule is C[C@]12CC[C@H]3[C@@H](C=CC4=CC(=O)CC[C@@H]43)[C@@H]1CCC2OC1CCCCO1. The predicted molar refractivity (Wildman–Crippen MR) is 100 cm³/mol. The summed E-state index contributed by atoms with van der Waals surface area (Å²) < 4.78 is 12.4. The van der Waals surface area contributed by atoms with Gasteiger partial charge in [-0.25, -0.2) is 0 Å². The lowest BCUT2D eigenvalue weighted by Gasteiger charge is -2.52. The van der Waals surface area contributed by atoms with Crippen LogP contribution in [0.5, 0.6) is 0 Å². The predicted octanol–water partition coefficient (Wildman–Crippen LogP) is 4.82. The maximum absolute atomic E-state index is 11.8. The molecule has 0 aromatic rings. The van der Waals surface area contributed by atoms with E-state index in [-0.39, 0.29) is 11.7 Å². The molecule has 2 saturated carbocycles. The van der Waals surface area contributed by atoms with Crippen LogP contribution in [-0.4, -0.2) is 24.8 Å². The summed E-state index contributed by atoms with van der Waals surface area (Å²) in [6.45, 7) is 3.35. The first-order valence-electron chi connectivity index (χ1n) is 10.8. The van der Waals surface area contributed by atoms with Crippen LogP contribution in [0, 0.1) is 29.1 Å². The van der Waals surface area contributed by atoms with Crippen LogP contribution in [0.3, 0.4) is 0 Å². The average Bonchev–Trinajstić information content (AvgIpc) is 2.98. The van der Waals surface area contributed by atoms with Crippen molar-refractivity contribution >= 4 is 5.78 Å². The standard InChI is InChI=1S/C23H32O3/c1-23-12-11-18-17-8-6-16(24)14-15(17)5-7-19(18)20(23)9-10-21(23)26-22-4-2-3-13-25-22/h5,7,14,17-22H,2-4,6,8-13H2,1H3/t17-,18+,19+,20-,21?,22?,23-/m0/s1. The first kappa shape index (κ1) is 17.2. The second-order valence-electron chi connectivity index (χ2n) is 9.51. The normalized spacial score (nSPS) is 47.7. The van der Waals surface area contributed by atoms with Gasteiger partial charge in [-0.1, -0.05) is 19.1 Å². The third kappa shape index (κ3) is 2.74. The van der Waals surface area contributed by atoms with Crippen molar-refractivity contribution in [3.05, 3.63) is 23.8 Å². The van der Waals surface area contributed by atoms with E-state index in [0.717, 1.165) is 37.7 Å². The summed E-state index contributed by atoms with van der Waals surface area (Å²) >= 11 is 0. The number of hydrogen-bond acceptors (Lipinski definition) is 3. The van der Waals surface area contributed by atoms with E-state index in [4.69, 9.17) is 9.47 Å². The van der Waals surface area contributed by atoms with E-state index >= 15 is 0 Å². The molecule has 3 heteroatoms. The zero-order valence-electron chi connectivity index (χ0n) is 16.0. The summed E-state index contributed by atoms with van der Waals surface area (Å²) in [5, 5.41) is 0. The molecule has 1 aliphatic heterocycles. The van der Waals surface area contributed by atoms with Crippen LogP contribution in [0.2, 0.25) is 0 Å². The highest BCUT2D eigenvalue weighted by Crippen LogP contribution is 2.61. The van der Waals surface area contributed by atoms with Gasteiger partial charge in [0.25, 0.3) is 0 Å². The van der Waals surface area contributed by atoms with E-state index in [1.807, 2.05) is 6.08 Å². The molecule has 1 heterocycles. The van der Waals surface area contributed by atoms with Gasteiger partial charge in [0.1, 0.15) is 0 Å². The molecule has 0 N–H and O–H groups in total. The monoisotopic (exact) mass is 356 g/mol. The molecular weight excluding hydrogens is 324 g/mol. The quantitative estimate of drug-likeness (QED) is 0.712. The van der Waals surface area contributed by atoms with E-state index in [9.17, 15) is 4.79 Å². The minimum absolute atomic E-state index is 0.0304. The topological polar surface area (TPSA) is 35.5 Å². The molecule has 26 heavy (non-hydrogen) atoms. The van der Waals surface area contributed by atoms with Crippen LogP contribution in [-0.2, 0) is 14.3 Å². The van der Waals surface area contributed by atoms with Gasteiger partial charge in [0.15, 0.2) is 12.1 Å². The molecule has 0 aromatic heterocycles. The fraction of sp³-hybridized carbons (Fsp3) is 0.783. The maximum Gasteiger partial charge on any atom is 0.157 e. The van der Waals surface area contributed by atoms with E-state index < -0.39 is 0 Å². The fourth-order valence-electron chi connectivity index (χ4n) is 6.83. The molecule has 1 saturated heterocycles. The Morgan fingerprint density at radius 1 is 1.15 bits per heavy atom. The maximum atomic E-state index is 11.8. The summed E-state index contributed by atoms with van der Waals surface area (Å²) in [5.41, 5.74) is 1.60. The third-order valence-corrected chi connectivity index (χ3v) is 8.24. The lowest BCUT2D eigenvalue weighted by molar-refractivity contribution is -0.213. The number of carbonyl (C=O) groups excluding carboxylic acids is 1. The van der Waals surface area contributed by atoms with Crippen LogP contribution in [0.25, 0.3) is 0 Å². The van der Waals surface area contributed by atoms with Crippen LogP contribution in [0.1, 0.15) is 64.7 Å². The fourth-order valence-corrected chi connectivity index (χ4v) is 6.83. The molecule has 3 fully saturated rings. The van der Waals surface area contributed by atoms with Crippen molar-refractivity contribution in [3.8, 4) is 0 Å². The number of ether oxygens (including phenoxy) is 2. The molecule has 0 spiro atoms. The van der Waals surface area contributed by atoms with Gasteiger partial charge in [-0.3, -0.25) is 4.79 Å². The van der Waals surface area contributed by atoms with Gasteiger partial charge in [0.05, 0.1) is 6.10 Å². The van der Waals surface area contributed by atoms with E-state index in [1.54, 1.807) is 0 Å². The molecule has 2 unspecified atom stereocenters. The van der Waals surface area contributed by atoms with Crippen LogP contribution < -0.4 is 0 Å². The van der Waals surface area contributed by atoms with Crippen molar-refractivity contribution in [3.63, 3.8) is 0 Å². The Labute approximate surface area is 157 Å². The summed E-state index contributed by atoms with van der Waals surface area (Å²) in [6.07, 6.45) is 17.4. The summed E-state index contributed by atoms with van der Waals surface area (Å²) in [7, 11) is 0. The highest BCUT2D eigenvalue weighted by Gasteiger charge is 2.56. The molecule has 142 valence electrons. The molecular formula is C23H32O3. The highest BCUT2D eigenvalue weighted by atomic mass is 16.7.